The molecule has 0 radical (unpaired) electrons. The van der Waals surface area contributed by atoms with Gasteiger partial charge in [-0.25, -0.2) is 0 Å². The largest absolute Gasteiger partial charge is 0.395 e. The summed E-state index contributed by atoms with van der Waals surface area (Å²) in [7, 11) is 1.63. The molecule has 0 fully saturated rings. The van der Waals surface area contributed by atoms with Crippen LogP contribution < -0.4 is 5.32 Å². The number of nitrogens with one attached hydrogen (secondary N) is 1. The number of hydrogen-bond donors (Lipinski definition) is 3. The van der Waals surface area contributed by atoms with Gasteiger partial charge in [-0.15, -0.1) is 0 Å². The number of unbranched alkanes of at least 4 members (excludes halogenated alkanes) is 4. The van der Waals surface area contributed by atoms with Crippen LogP contribution in [0.2, 0.25) is 0 Å². The summed E-state index contributed by atoms with van der Waals surface area (Å²) in [6.45, 7) is 5.62. The number of ether oxygens (including phenoxy) is 1. The van der Waals surface area contributed by atoms with Crippen molar-refractivity contribution < 1.29 is 24.5 Å². The van der Waals surface area contributed by atoms with Crippen LogP contribution >= 0.6 is 0 Å². The van der Waals surface area contributed by atoms with Gasteiger partial charge in [0.15, 0.2) is 5.78 Å². The second-order valence-electron chi connectivity index (χ2n) is 10.2. The molecule has 0 aliphatic heterocycles. The summed E-state index contributed by atoms with van der Waals surface area (Å²) in [5.41, 5.74) is 0.157. The zero-order valence-corrected chi connectivity index (χ0v) is 21.7. The van der Waals surface area contributed by atoms with Crippen LogP contribution in [-0.2, 0) is 20.7 Å². The standard InChI is InChI=1S/C28H47NO5/c1-5-6-7-8-12-15-24(31)16-17-25(29-27(33)28(2,3)21-30)26(32)19-23(20-34-4)18-22-13-10-9-11-14-22/h9-11,13-14,23-25,30-31H,5-8,12,15-21H2,1-4H3,(H,29,33)/t23-,24?,25?/m1/s1. The number of carbonyl (C=O) groups is 2. The summed E-state index contributed by atoms with van der Waals surface area (Å²) < 4.78 is 5.37. The molecule has 3 N–H and O–H groups in total. The molecule has 194 valence electrons. The van der Waals surface area contributed by atoms with Gasteiger partial charge in [-0.1, -0.05) is 69.4 Å². The van der Waals surface area contributed by atoms with Gasteiger partial charge in [-0.2, -0.15) is 0 Å². The van der Waals surface area contributed by atoms with Crippen LogP contribution in [0.25, 0.3) is 0 Å². The van der Waals surface area contributed by atoms with Crippen molar-refractivity contribution in [3.63, 3.8) is 0 Å². The van der Waals surface area contributed by atoms with Crippen molar-refractivity contribution in [2.24, 2.45) is 11.3 Å². The predicted octanol–water partition coefficient (Wildman–Crippen LogP) is 4.46. The number of hydrogen-bond acceptors (Lipinski definition) is 5. The molecule has 0 spiro atoms. The van der Waals surface area contributed by atoms with Crippen LogP contribution in [0.4, 0.5) is 0 Å². The fraction of sp³-hybridized carbons (Fsp3) is 0.714. The smallest absolute Gasteiger partial charge is 0.228 e. The summed E-state index contributed by atoms with van der Waals surface area (Å²) in [6, 6.07) is 9.29. The number of carbonyl (C=O) groups excluding carboxylic acids is 2. The lowest BCUT2D eigenvalue weighted by Crippen LogP contribution is -2.48. The first-order chi connectivity index (χ1) is 16.2. The van der Waals surface area contributed by atoms with Crippen LogP contribution in [-0.4, -0.2) is 54.4 Å². The third-order valence-electron chi connectivity index (χ3n) is 6.39. The number of methoxy groups -OCH3 is 1. The van der Waals surface area contributed by atoms with E-state index in [1.165, 1.54) is 19.3 Å². The molecule has 0 aliphatic rings. The van der Waals surface area contributed by atoms with E-state index in [1.807, 2.05) is 30.3 Å². The molecular weight excluding hydrogens is 430 g/mol. The molecule has 6 heteroatoms. The molecule has 6 nitrogen and oxygen atoms in total. The minimum Gasteiger partial charge on any atom is -0.395 e. The average molecular weight is 478 g/mol. The first-order valence-electron chi connectivity index (χ1n) is 12.9. The molecule has 0 aromatic heterocycles. The zero-order valence-electron chi connectivity index (χ0n) is 21.7. The molecule has 0 heterocycles. The molecule has 1 aromatic rings. The van der Waals surface area contributed by atoms with Crippen LogP contribution in [0.3, 0.4) is 0 Å². The lowest BCUT2D eigenvalue weighted by Gasteiger charge is -2.27. The third-order valence-corrected chi connectivity index (χ3v) is 6.39. The Bertz CT molecular complexity index is 691. The maximum absolute atomic E-state index is 13.3. The Kier molecular flexibility index (Phi) is 15.0. The van der Waals surface area contributed by atoms with Gasteiger partial charge in [0.05, 0.1) is 24.2 Å². The van der Waals surface area contributed by atoms with Gasteiger partial charge in [-0.3, -0.25) is 9.59 Å². The number of rotatable bonds is 19. The van der Waals surface area contributed by atoms with E-state index in [4.69, 9.17) is 4.74 Å². The zero-order chi connectivity index (χ0) is 25.4. The minimum absolute atomic E-state index is 0.00589. The first kappa shape index (κ1) is 30.3. The van der Waals surface area contributed by atoms with Crippen molar-refractivity contribution in [1.29, 1.82) is 0 Å². The van der Waals surface area contributed by atoms with E-state index < -0.39 is 17.6 Å². The molecule has 0 aliphatic carbocycles. The Morgan fingerprint density at radius 3 is 2.32 bits per heavy atom. The predicted molar refractivity (Wildman–Crippen MR) is 137 cm³/mol. The lowest BCUT2D eigenvalue weighted by molar-refractivity contribution is -0.135. The van der Waals surface area contributed by atoms with Gasteiger partial charge in [0.25, 0.3) is 0 Å². The van der Waals surface area contributed by atoms with Crippen LogP contribution in [0.1, 0.15) is 84.1 Å². The van der Waals surface area contributed by atoms with Crippen molar-refractivity contribution >= 4 is 11.7 Å². The summed E-state index contributed by atoms with van der Waals surface area (Å²) in [6.07, 6.45) is 7.70. The minimum atomic E-state index is -0.980. The van der Waals surface area contributed by atoms with Crippen molar-refractivity contribution in [3.05, 3.63) is 35.9 Å². The van der Waals surface area contributed by atoms with Crippen LogP contribution in [0.5, 0.6) is 0 Å². The highest BCUT2D eigenvalue weighted by Gasteiger charge is 2.31. The average Bonchev–Trinajstić information content (AvgIpc) is 2.82. The van der Waals surface area contributed by atoms with Gasteiger partial charge < -0.3 is 20.3 Å². The lowest BCUT2D eigenvalue weighted by atomic mass is 9.89. The second-order valence-corrected chi connectivity index (χ2v) is 10.2. The van der Waals surface area contributed by atoms with E-state index in [2.05, 4.69) is 12.2 Å². The van der Waals surface area contributed by atoms with E-state index >= 15 is 0 Å². The normalized spacial score (nSPS) is 14.4. The molecule has 0 saturated carbocycles. The highest BCUT2D eigenvalue weighted by Crippen LogP contribution is 2.20. The fourth-order valence-corrected chi connectivity index (χ4v) is 4.03. The number of Topliss-reactive ketones (excluding diaryl/α,β-unsaturated/α-hetero) is 1. The highest BCUT2D eigenvalue weighted by atomic mass is 16.5. The topological polar surface area (TPSA) is 95.9 Å². The summed E-state index contributed by atoms with van der Waals surface area (Å²) in [5, 5.41) is 22.9. The first-order valence-corrected chi connectivity index (χ1v) is 12.9. The van der Waals surface area contributed by atoms with Crippen molar-refractivity contribution in [2.45, 2.75) is 97.1 Å². The Morgan fingerprint density at radius 1 is 1.03 bits per heavy atom. The second kappa shape index (κ2) is 16.8. The van der Waals surface area contributed by atoms with Gasteiger partial charge in [0.1, 0.15) is 0 Å². The Hall–Kier alpha value is -1.76. The van der Waals surface area contributed by atoms with E-state index in [-0.39, 0.29) is 30.6 Å². The molecule has 0 bridgehead atoms. The molecule has 1 rings (SSSR count). The van der Waals surface area contributed by atoms with E-state index in [1.54, 1.807) is 21.0 Å². The number of aliphatic hydroxyl groups is 2. The molecule has 1 aromatic carbocycles. The molecule has 3 atom stereocenters. The Morgan fingerprint density at radius 2 is 1.71 bits per heavy atom. The maximum Gasteiger partial charge on any atom is 0.228 e. The van der Waals surface area contributed by atoms with Crippen molar-refractivity contribution in [2.75, 3.05) is 20.3 Å². The molecule has 34 heavy (non-hydrogen) atoms. The van der Waals surface area contributed by atoms with E-state index in [0.717, 1.165) is 18.4 Å². The van der Waals surface area contributed by atoms with E-state index in [0.29, 0.717) is 32.3 Å². The van der Waals surface area contributed by atoms with Crippen LogP contribution in [0.15, 0.2) is 30.3 Å². The van der Waals surface area contributed by atoms with Crippen molar-refractivity contribution in [1.82, 2.24) is 5.32 Å². The molecule has 0 saturated heterocycles. The highest BCUT2D eigenvalue weighted by molar-refractivity contribution is 5.91. The van der Waals surface area contributed by atoms with Gasteiger partial charge in [-0.05, 0) is 51.0 Å². The van der Waals surface area contributed by atoms with Gasteiger partial charge in [0.2, 0.25) is 5.91 Å². The molecular formula is C28H47NO5. The quantitative estimate of drug-likeness (QED) is 0.256. The molecule has 1 amide bonds. The van der Waals surface area contributed by atoms with Crippen molar-refractivity contribution in [3.8, 4) is 0 Å². The monoisotopic (exact) mass is 477 g/mol. The van der Waals surface area contributed by atoms with E-state index in [9.17, 15) is 19.8 Å². The van der Waals surface area contributed by atoms with Gasteiger partial charge >= 0.3 is 0 Å². The number of amides is 1. The SMILES string of the molecule is CCCCCCCC(O)CCC(NC(=O)C(C)(C)CO)C(=O)C[C@H](COC)Cc1ccccc1. The Balaban J connectivity index is 2.78. The summed E-state index contributed by atoms with van der Waals surface area (Å²) >= 11 is 0. The summed E-state index contributed by atoms with van der Waals surface area (Å²) in [4.78, 5) is 26.0. The number of aliphatic hydroxyl groups excluding tert-OH is 2. The number of ketones is 1. The summed E-state index contributed by atoms with van der Waals surface area (Å²) in [5.74, 6) is -0.419. The fourth-order valence-electron chi connectivity index (χ4n) is 4.03. The van der Waals surface area contributed by atoms with Crippen LogP contribution in [0, 0.1) is 11.3 Å². The number of benzene rings is 1. The maximum atomic E-state index is 13.3. The Labute approximate surface area is 206 Å². The van der Waals surface area contributed by atoms with Gasteiger partial charge in [0, 0.05) is 20.1 Å². The third kappa shape index (κ3) is 12.1. The molecule has 2 unspecified atom stereocenters.